The van der Waals surface area contributed by atoms with Gasteiger partial charge in [0.15, 0.2) is 0 Å². The topological polar surface area (TPSA) is 104 Å². The Balaban J connectivity index is 1.81. The Hall–Kier alpha value is -2.97. The molecule has 1 aromatic heterocycles. The van der Waals surface area contributed by atoms with Gasteiger partial charge >= 0.3 is 5.92 Å². The molecule has 3 N–H and O–H groups in total. The van der Waals surface area contributed by atoms with Gasteiger partial charge in [0.1, 0.15) is 5.75 Å². The van der Waals surface area contributed by atoms with Crippen LogP contribution in [0.5, 0.6) is 11.6 Å². The average Bonchev–Trinajstić information content (AvgIpc) is 2.88. The van der Waals surface area contributed by atoms with Crippen molar-refractivity contribution in [3.63, 3.8) is 0 Å². The minimum absolute atomic E-state index is 0.0849. The number of primary amides is 1. The van der Waals surface area contributed by atoms with Gasteiger partial charge in [0.25, 0.3) is 11.8 Å². The first kappa shape index (κ1) is 21.7. The lowest BCUT2D eigenvalue weighted by atomic mass is 9.93. The number of amides is 2. The minimum atomic E-state index is -3.37. The molecule has 9 heteroatoms. The third-order valence-corrected chi connectivity index (χ3v) is 5.13. The predicted octanol–water partition coefficient (Wildman–Crippen LogP) is 3.05. The normalized spacial score (nSPS) is 20.4. The van der Waals surface area contributed by atoms with Crippen molar-refractivity contribution in [3.8, 4) is 11.6 Å². The second kappa shape index (κ2) is 8.41. The van der Waals surface area contributed by atoms with Crippen molar-refractivity contribution >= 4 is 22.6 Å². The van der Waals surface area contributed by atoms with E-state index in [1.54, 1.807) is 25.1 Å². The van der Waals surface area contributed by atoms with E-state index in [4.69, 9.17) is 15.2 Å². The van der Waals surface area contributed by atoms with Crippen LogP contribution in [0.15, 0.2) is 24.4 Å². The Labute approximate surface area is 172 Å². The van der Waals surface area contributed by atoms with Crippen LogP contribution >= 0.6 is 0 Å². The summed E-state index contributed by atoms with van der Waals surface area (Å²) >= 11 is 0. The third kappa shape index (κ3) is 4.15. The standard InChI is InChI=1S/C21H25F2N3O4/c1-4-15-16(26-20(28)21(15,22)23)6-8-29-19-13-10-17(30-11(2)3)14(18(24)27)9-12(13)5-7-25-19/h5,7,9-11,15-16H,4,6,8H2,1-3H3,(H2,24,27)(H,26,28)/t15-,16+/m0/s1. The molecular weight excluding hydrogens is 396 g/mol. The second-order valence-electron chi connectivity index (χ2n) is 7.57. The number of nitrogens with two attached hydrogens (primary N) is 1. The van der Waals surface area contributed by atoms with E-state index in [0.717, 1.165) is 0 Å². The molecule has 30 heavy (non-hydrogen) atoms. The highest BCUT2D eigenvalue weighted by molar-refractivity contribution is 6.01. The second-order valence-corrected chi connectivity index (χ2v) is 7.57. The molecule has 2 amide bonds. The van der Waals surface area contributed by atoms with Crippen LogP contribution in [0.3, 0.4) is 0 Å². The molecule has 1 aliphatic rings. The Morgan fingerprint density at radius 1 is 1.37 bits per heavy atom. The summed E-state index contributed by atoms with van der Waals surface area (Å²) in [7, 11) is 0. The Morgan fingerprint density at radius 2 is 2.10 bits per heavy atom. The fourth-order valence-electron chi connectivity index (χ4n) is 3.72. The zero-order valence-electron chi connectivity index (χ0n) is 17.1. The van der Waals surface area contributed by atoms with Crippen LogP contribution in [0.1, 0.15) is 44.0 Å². The summed E-state index contributed by atoms with van der Waals surface area (Å²) in [5.74, 6) is -5.70. The number of fused-ring (bicyclic) bond motifs is 1. The van der Waals surface area contributed by atoms with Crippen molar-refractivity contribution < 1.29 is 27.8 Å². The van der Waals surface area contributed by atoms with Gasteiger partial charge in [-0.25, -0.2) is 4.98 Å². The molecule has 0 aliphatic carbocycles. The highest BCUT2D eigenvalue weighted by Gasteiger charge is 2.55. The molecule has 0 radical (unpaired) electrons. The van der Waals surface area contributed by atoms with E-state index in [-0.39, 0.29) is 37.0 Å². The summed E-state index contributed by atoms with van der Waals surface area (Å²) in [5.41, 5.74) is 5.71. The average molecular weight is 421 g/mol. The molecule has 1 saturated heterocycles. The number of carbonyl (C=O) groups excluding carboxylic acids is 2. The molecule has 0 saturated carbocycles. The molecule has 1 aliphatic heterocycles. The van der Waals surface area contributed by atoms with Gasteiger partial charge < -0.3 is 20.5 Å². The number of nitrogens with one attached hydrogen (secondary N) is 1. The highest BCUT2D eigenvalue weighted by Crippen LogP contribution is 2.37. The largest absolute Gasteiger partial charge is 0.490 e. The van der Waals surface area contributed by atoms with Crippen LogP contribution in [0.2, 0.25) is 0 Å². The number of hydrogen-bond donors (Lipinski definition) is 2. The molecule has 1 fully saturated rings. The zero-order valence-corrected chi connectivity index (χ0v) is 17.1. The number of hydrogen-bond acceptors (Lipinski definition) is 5. The fourth-order valence-corrected chi connectivity index (χ4v) is 3.72. The Bertz CT molecular complexity index is 965. The van der Waals surface area contributed by atoms with Crippen LogP contribution in [-0.2, 0) is 4.79 Å². The van der Waals surface area contributed by atoms with Crippen molar-refractivity contribution in [2.45, 2.75) is 51.7 Å². The van der Waals surface area contributed by atoms with Crippen LogP contribution < -0.4 is 20.5 Å². The molecule has 0 spiro atoms. The van der Waals surface area contributed by atoms with Gasteiger partial charge in [0.05, 0.1) is 24.2 Å². The molecule has 3 rings (SSSR count). The number of rotatable bonds is 8. The van der Waals surface area contributed by atoms with Gasteiger partial charge in [-0.1, -0.05) is 6.92 Å². The first-order valence-electron chi connectivity index (χ1n) is 9.86. The quantitative estimate of drug-likeness (QED) is 0.682. The Kier molecular flexibility index (Phi) is 6.09. The molecule has 0 unspecified atom stereocenters. The van der Waals surface area contributed by atoms with Gasteiger partial charge in [-0.05, 0) is 43.9 Å². The molecule has 7 nitrogen and oxygen atoms in total. The molecule has 2 heterocycles. The maximum Gasteiger partial charge on any atom is 0.329 e. The van der Waals surface area contributed by atoms with Crippen LogP contribution in [0, 0.1) is 5.92 Å². The van der Waals surface area contributed by atoms with E-state index in [0.29, 0.717) is 16.5 Å². The number of alkyl halides is 2. The predicted molar refractivity (Wildman–Crippen MR) is 107 cm³/mol. The van der Waals surface area contributed by atoms with E-state index >= 15 is 0 Å². The van der Waals surface area contributed by atoms with Crippen LogP contribution in [-0.4, -0.2) is 41.5 Å². The van der Waals surface area contributed by atoms with E-state index in [2.05, 4.69) is 10.3 Å². The van der Waals surface area contributed by atoms with Crippen molar-refractivity contribution in [1.29, 1.82) is 0 Å². The lowest BCUT2D eigenvalue weighted by Crippen LogP contribution is -2.32. The van der Waals surface area contributed by atoms with Gasteiger partial charge in [0.2, 0.25) is 5.88 Å². The van der Waals surface area contributed by atoms with Gasteiger partial charge in [-0.2, -0.15) is 8.78 Å². The monoisotopic (exact) mass is 421 g/mol. The van der Waals surface area contributed by atoms with Gasteiger partial charge in [-0.15, -0.1) is 0 Å². The van der Waals surface area contributed by atoms with Crippen molar-refractivity contribution in [1.82, 2.24) is 10.3 Å². The van der Waals surface area contributed by atoms with Gasteiger partial charge in [0, 0.05) is 24.0 Å². The van der Waals surface area contributed by atoms with Crippen LogP contribution in [0.25, 0.3) is 10.8 Å². The molecule has 2 atom stereocenters. The maximum absolute atomic E-state index is 13.9. The van der Waals surface area contributed by atoms with E-state index in [1.165, 1.54) is 6.20 Å². The maximum atomic E-state index is 13.9. The molecule has 0 bridgehead atoms. The summed E-state index contributed by atoms with van der Waals surface area (Å²) in [6, 6.07) is 4.28. The minimum Gasteiger partial charge on any atom is -0.490 e. The number of benzene rings is 1. The summed E-state index contributed by atoms with van der Waals surface area (Å²) in [6.07, 6.45) is 1.73. The van der Waals surface area contributed by atoms with Gasteiger partial charge in [-0.3, -0.25) is 9.59 Å². The first-order valence-corrected chi connectivity index (χ1v) is 9.86. The molecule has 1 aromatic carbocycles. The zero-order chi connectivity index (χ0) is 22.1. The number of aromatic nitrogens is 1. The fraction of sp³-hybridized carbons (Fsp3) is 0.476. The summed E-state index contributed by atoms with van der Waals surface area (Å²) in [4.78, 5) is 27.5. The number of nitrogens with zero attached hydrogens (tertiary/aromatic N) is 1. The lowest BCUT2D eigenvalue weighted by Gasteiger charge is -2.20. The van der Waals surface area contributed by atoms with E-state index < -0.39 is 29.7 Å². The number of carbonyl (C=O) groups is 2. The van der Waals surface area contributed by atoms with E-state index in [1.807, 2.05) is 13.8 Å². The smallest absolute Gasteiger partial charge is 0.329 e. The van der Waals surface area contributed by atoms with Crippen molar-refractivity contribution in [3.05, 3.63) is 30.0 Å². The lowest BCUT2D eigenvalue weighted by molar-refractivity contribution is -0.144. The summed E-state index contributed by atoms with van der Waals surface area (Å²) < 4.78 is 39.4. The third-order valence-electron chi connectivity index (χ3n) is 5.13. The van der Waals surface area contributed by atoms with Crippen LogP contribution in [0.4, 0.5) is 8.78 Å². The molecule has 2 aromatic rings. The van der Waals surface area contributed by atoms with E-state index in [9.17, 15) is 18.4 Å². The highest BCUT2D eigenvalue weighted by atomic mass is 19.3. The van der Waals surface area contributed by atoms with Crippen molar-refractivity contribution in [2.24, 2.45) is 11.7 Å². The molecular formula is C21H25F2N3O4. The molecule has 162 valence electrons. The first-order chi connectivity index (χ1) is 14.1. The Morgan fingerprint density at radius 3 is 2.73 bits per heavy atom. The SMILES string of the molecule is CC[C@H]1[C@@H](CCOc2nccc3cc(C(N)=O)c(OC(C)C)cc23)NC(=O)C1(F)F. The number of ether oxygens (including phenoxy) is 2. The summed E-state index contributed by atoms with van der Waals surface area (Å²) in [6.45, 7) is 5.37. The number of halogens is 2. The number of pyridine rings is 1. The summed E-state index contributed by atoms with van der Waals surface area (Å²) in [5, 5.41) is 3.64. The van der Waals surface area contributed by atoms with Crippen molar-refractivity contribution in [2.75, 3.05) is 6.61 Å².